The van der Waals surface area contributed by atoms with Crippen molar-refractivity contribution in [3.05, 3.63) is 48.6 Å². The van der Waals surface area contributed by atoms with Crippen molar-refractivity contribution in [2.75, 3.05) is 13.2 Å². The normalized spacial score (nSPS) is 19.9. The van der Waals surface area contributed by atoms with Gasteiger partial charge in [-0.3, -0.25) is 0 Å². The molecule has 0 aliphatic heterocycles. The van der Waals surface area contributed by atoms with Gasteiger partial charge in [0.05, 0.1) is 13.2 Å². The van der Waals surface area contributed by atoms with Crippen LogP contribution in [0, 0.1) is 0 Å². The minimum Gasteiger partial charge on any atom is -0.346 e. The van der Waals surface area contributed by atoms with E-state index in [4.69, 9.17) is 9.47 Å². The minimum atomic E-state index is -0.376. The Labute approximate surface area is 123 Å². The van der Waals surface area contributed by atoms with E-state index in [1.54, 1.807) is 0 Å². The Morgan fingerprint density at radius 3 is 1.70 bits per heavy atom. The van der Waals surface area contributed by atoms with Gasteiger partial charge in [-0.15, -0.1) is 0 Å². The summed E-state index contributed by atoms with van der Waals surface area (Å²) in [6.07, 6.45) is 21.8. The van der Waals surface area contributed by atoms with E-state index in [-0.39, 0.29) is 5.79 Å². The molecular weight excluding hydrogens is 248 g/mol. The van der Waals surface area contributed by atoms with Crippen molar-refractivity contribution in [1.29, 1.82) is 0 Å². The third-order valence-corrected chi connectivity index (χ3v) is 3.38. The molecule has 1 aliphatic carbocycles. The zero-order valence-corrected chi connectivity index (χ0v) is 12.9. The number of rotatable bonds is 8. The van der Waals surface area contributed by atoms with Gasteiger partial charge in [0.15, 0.2) is 5.79 Å². The molecule has 0 heterocycles. The van der Waals surface area contributed by atoms with Gasteiger partial charge in [-0.25, -0.2) is 0 Å². The highest BCUT2D eigenvalue weighted by Gasteiger charge is 2.33. The lowest BCUT2D eigenvalue weighted by atomic mass is 9.94. The fourth-order valence-electron chi connectivity index (χ4n) is 2.31. The first-order chi connectivity index (χ1) is 9.83. The third-order valence-electron chi connectivity index (χ3n) is 3.38. The maximum absolute atomic E-state index is 6.03. The highest BCUT2D eigenvalue weighted by Crippen LogP contribution is 2.32. The van der Waals surface area contributed by atoms with E-state index in [1.165, 1.54) is 19.3 Å². The number of hydrogen-bond acceptors (Lipinski definition) is 2. The summed E-state index contributed by atoms with van der Waals surface area (Å²) in [5, 5.41) is 0. The van der Waals surface area contributed by atoms with Crippen LogP contribution in [0.25, 0.3) is 0 Å². The first-order valence-corrected chi connectivity index (χ1v) is 7.66. The predicted molar refractivity (Wildman–Crippen MR) is 85.6 cm³/mol. The highest BCUT2D eigenvalue weighted by atomic mass is 16.7. The lowest BCUT2D eigenvalue weighted by Crippen LogP contribution is -2.38. The Kier molecular flexibility index (Phi) is 9.01. The van der Waals surface area contributed by atoms with Crippen molar-refractivity contribution >= 4 is 0 Å². The molecule has 112 valence electrons. The Morgan fingerprint density at radius 1 is 0.750 bits per heavy atom. The van der Waals surface area contributed by atoms with E-state index in [9.17, 15) is 0 Å². The van der Waals surface area contributed by atoms with Gasteiger partial charge in [-0.1, -0.05) is 55.0 Å². The first-order valence-electron chi connectivity index (χ1n) is 7.66. The summed E-state index contributed by atoms with van der Waals surface area (Å²) in [5.74, 6) is -0.376. The maximum atomic E-state index is 6.03. The Balaban J connectivity index is 2.44. The van der Waals surface area contributed by atoms with E-state index in [1.807, 2.05) is 62.5 Å². The lowest BCUT2D eigenvalue weighted by molar-refractivity contribution is -0.241. The monoisotopic (exact) mass is 276 g/mol. The number of ether oxygens (including phenoxy) is 2. The van der Waals surface area contributed by atoms with Crippen LogP contribution in [0.2, 0.25) is 0 Å². The van der Waals surface area contributed by atoms with Crippen molar-refractivity contribution in [3.63, 3.8) is 0 Å². The molecule has 1 fully saturated rings. The van der Waals surface area contributed by atoms with Crippen molar-refractivity contribution in [2.45, 2.75) is 51.7 Å². The summed E-state index contributed by atoms with van der Waals surface area (Å²) in [5.41, 5.74) is 0. The van der Waals surface area contributed by atoms with Gasteiger partial charge in [0, 0.05) is 12.8 Å². The fraction of sp³-hybridized carbons (Fsp3) is 0.556. The molecule has 0 aromatic heterocycles. The number of allylic oxidation sites excluding steroid dienone is 6. The van der Waals surface area contributed by atoms with E-state index < -0.39 is 0 Å². The molecule has 20 heavy (non-hydrogen) atoms. The molecule has 0 bridgehead atoms. The van der Waals surface area contributed by atoms with Crippen LogP contribution in [0.4, 0.5) is 0 Å². The molecule has 1 aliphatic rings. The van der Waals surface area contributed by atoms with E-state index >= 15 is 0 Å². The average molecular weight is 276 g/mol. The van der Waals surface area contributed by atoms with Gasteiger partial charge in [-0.05, 0) is 26.7 Å². The van der Waals surface area contributed by atoms with Gasteiger partial charge >= 0.3 is 0 Å². The molecular formula is C18H28O2. The first kappa shape index (κ1) is 16.9. The van der Waals surface area contributed by atoms with Crippen molar-refractivity contribution in [2.24, 2.45) is 0 Å². The highest BCUT2D eigenvalue weighted by molar-refractivity contribution is 5.02. The second-order valence-corrected chi connectivity index (χ2v) is 5.00. The van der Waals surface area contributed by atoms with Crippen LogP contribution in [-0.4, -0.2) is 19.0 Å². The maximum Gasteiger partial charge on any atom is 0.169 e. The van der Waals surface area contributed by atoms with Gasteiger partial charge in [-0.2, -0.15) is 0 Å². The van der Waals surface area contributed by atoms with Crippen LogP contribution in [0.5, 0.6) is 0 Å². The zero-order chi connectivity index (χ0) is 14.5. The lowest BCUT2D eigenvalue weighted by Gasteiger charge is -2.36. The fourth-order valence-corrected chi connectivity index (χ4v) is 2.31. The molecule has 0 spiro atoms. The van der Waals surface area contributed by atoms with Crippen LogP contribution >= 0.6 is 0 Å². The summed E-state index contributed by atoms with van der Waals surface area (Å²) in [6.45, 7) is 5.24. The van der Waals surface area contributed by atoms with Crippen LogP contribution < -0.4 is 0 Å². The number of hydrogen-bond donors (Lipinski definition) is 0. The molecule has 0 atom stereocenters. The van der Waals surface area contributed by atoms with Crippen molar-refractivity contribution < 1.29 is 9.47 Å². The summed E-state index contributed by atoms with van der Waals surface area (Å²) < 4.78 is 12.1. The summed E-state index contributed by atoms with van der Waals surface area (Å²) >= 11 is 0. The molecule has 1 saturated carbocycles. The van der Waals surface area contributed by atoms with Gasteiger partial charge in [0.2, 0.25) is 0 Å². The second-order valence-electron chi connectivity index (χ2n) is 5.00. The Hall–Kier alpha value is -1.12. The van der Waals surface area contributed by atoms with Crippen LogP contribution in [0.3, 0.4) is 0 Å². The topological polar surface area (TPSA) is 18.5 Å². The molecule has 0 N–H and O–H groups in total. The minimum absolute atomic E-state index is 0.376. The zero-order valence-electron chi connectivity index (χ0n) is 12.9. The van der Waals surface area contributed by atoms with E-state index in [0.717, 1.165) is 12.8 Å². The third kappa shape index (κ3) is 6.88. The quantitative estimate of drug-likeness (QED) is 0.461. The average Bonchev–Trinajstić information content (AvgIpc) is 2.48. The summed E-state index contributed by atoms with van der Waals surface area (Å²) in [7, 11) is 0. The largest absolute Gasteiger partial charge is 0.346 e. The summed E-state index contributed by atoms with van der Waals surface area (Å²) in [6, 6.07) is 0. The van der Waals surface area contributed by atoms with Crippen LogP contribution in [0.1, 0.15) is 46.0 Å². The predicted octanol–water partition coefficient (Wildman–Crippen LogP) is 4.94. The van der Waals surface area contributed by atoms with Crippen molar-refractivity contribution in [1.82, 2.24) is 0 Å². The molecule has 0 unspecified atom stereocenters. The molecule has 0 saturated heterocycles. The Bertz CT molecular complexity index is 316. The molecule has 1 rings (SSSR count). The van der Waals surface area contributed by atoms with Gasteiger partial charge in [0.1, 0.15) is 0 Å². The molecule has 2 heteroatoms. The molecule has 2 nitrogen and oxygen atoms in total. The molecule has 0 amide bonds. The van der Waals surface area contributed by atoms with Gasteiger partial charge < -0.3 is 9.47 Å². The van der Waals surface area contributed by atoms with Gasteiger partial charge in [0.25, 0.3) is 0 Å². The Morgan fingerprint density at radius 2 is 1.25 bits per heavy atom. The standard InChI is InChI=1S/C18H28O2/c1-3-5-7-12-16-19-18(14-10-9-11-15-18)20-17-13-8-6-4-2/h3-8,12-13H,9-11,14-17H2,1-2H3. The van der Waals surface area contributed by atoms with Crippen LogP contribution in [-0.2, 0) is 9.47 Å². The van der Waals surface area contributed by atoms with Crippen LogP contribution in [0.15, 0.2) is 48.6 Å². The molecule has 0 aromatic rings. The summed E-state index contributed by atoms with van der Waals surface area (Å²) in [4.78, 5) is 0. The smallest absolute Gasteiger partial charge is 0.169 e. The van der Waals surface area contributed by atoms with Crippen molar-refractivity contribution in [3.8, 4) is 0 Å². The molecule has 0 radical (unpaired) electrons. The second kappa shape index (κ2) is 10.6. The molecule has 0 aromatic carbocycles. The van der Waals surface area contributed by atoms with E-state index in [0.29, 0.717) is 13.2 Å². The SMILES string of the molecule is CC=CC=CCOC1(OCC=CC=CC)CCCCC1. The van der Waals surface area contributed by atoms with E-state index in [2.05, 4.69) is 0 Å².